The van der Waals surface area contributed by atoms with Crippen LogP contribution < -0.4 is 14.4 Å². The zero-order valence-corrected chi connectivity index (χ0v) is 19.8. The lowest BCUT2D eigenvalue weighted by Crippen LogP contribution is -2.41. The molecule has 1 fully saturated rings. The molecule has 0 bridgehead atoms. The van der Waals surface area contributed by atoms with Gasteiger partial charge in [0.05, 0.1) is 30.4 Å². The summed E-state index contributed by atoms with van der Waals surface area (Å²) in [5, 5.41) is 4.14. The van der Waals surface area contributed by atoms with Crippen molar-refractivity contribution in [1.29, 1.82) is 0 Å². The third-order valence-corrected chi connectivity index (χ3v) is 7.53. The molecule has 34 heavy (non-hydrogen) atoms. The van der Waals surface area contributed by atoms with E-state index >= 15 is 0 Å². The molecular weight excluding hydrogens is 468 g/mol. The highest BCUT2D eigenvalue weighted by Crippen LogP contribution is 2.41. The molecule has 1 aliphatic heterocycles. The number of hydrogen-bond acceptors (Lipinski definition) is 6. The van der Waals surface area contributed by atoms with E-state index in [0.717, 1.165) is 16.8 Å². The van der Waals surface area contributed by atoms with Crippen LogP contribution in [0.1, 0.15) is 41.7 Å². The SMILES string of the molecule is CCN(C)S(=O)(=O)NC(=O)c1cnn2ccc(N3CCC[C@@H]3c3cc(F)cc(F)c3OC)cc12. The molecule has 1 aromatic carbocycles. The van der Waals surface area contributed by atoms with Crippen LogP contribution in [-0.4, -0.2) is 55.5 Å². The minimum atomic E-state index is -3.99. The summed E-state index contributed by atoms with van der Waals surface area (Å²) < 4.78 is 62.7. The number of benzene rings is 1. The van der Waals surface area contributed by atoms with E-state index in [2.05, 4.69) is 5.10 Å². The molecule has 0 radical (unpaired) electrons. The van der Waals surface area contributed by atoms with Gasteiger partial charge in [-0.2, -0.15) is 17.8 Å². The molecule has 3 aromatic rings. The van der Waals surface area contributed by atoms with Gasteiger partial charge in [0.2, 0.25) is 0 Å². The smallest absolute Gasteiger partial charge is 0.303 e. The van der Waals surface area contributed by atoms with Gasteiger partial charge in [0.25, 0.3) is 5.91 Å². The number of ether oxygens (including phenoxy) is 1. The van der Waals surface area contributed by atoms with E-state index in [9.17, 15) is 22.0 Å². The second-order valence-electron chi connectivity index (χ2n) is 7.98. The first kappa shape index (κ1) is 23.9. The van der Waals surface area contributed by atoms with Gasteiger partial charge in [-0.25, -0.2) is 18.0 Å². The standard InChI is InChI=1S/C22H25F2N5O4S/c1-4-27(2)34(31,32)26-22(30)17-13-25-29-9-7-15(12-20(17)29)28-8-5-6-19(28)16-10-14(23)11-18(24)21(16)33-3/h7,9-13,19H,4-6,8H2,1-3H3,(H,26,30)/t19-/m1/s1. The highest BCUT2D eigenvalue weighted by molar-refractivity contribution is 7.87. The van der Waals surface area contributed by atoms with Crippen molar-refractivity contribution in [3.05, 3.63) is 59.4 Å². The largest absolute Gasteiger partial charge is 0.493 e. The molecule has 0 aliphatic carbocycles. The molecule has 1 aliphatic rings. The van der Waals surface area contributed by atoms with Gasteiger partial charge in [-0.1, -0.05) is 6.92 Å². The Bertz CT molecular complexity index is 1340. The van der Waals surface area contributed by atoms with Crippen molar-refractivity contribution in [2.45, 2.75) is 25.8 Å². The number of nitrogens with zero attached hydrogens (tertiary/aromatic N) is 4. The van der Waals surface area contributed by atoms with Crippen molar-refractivity contribution in [1.82, 2.24) is 18.6 Å². The zero-order valence-electron chi connectivity index (χ0n) is 19.0. The third-order valence-electron chi connectivity index (χ3n) is 6.01. The summed E-state index contributed by atoms with van der Waals surface area (Å²) in [6.07, 6.45) is 4.37. The van der Waals surface area contributed by atoms with Gasteiger partial charge in [-0.3, -0.25) is 4.79 Å². The van der Waals surface area contributed by atoms with Gasteiger partial charge in [-0.15, -0.1) is 0 Å². The Morgan fingerprint density at radius 2 is 2.09 bits per heavy atom. The van der Waals surface area contributed by atoms with Crippen LogP contribution in [0, 0.1) is 11.6 Å². The minimum absolute atomic E-state index is 0.00551. The van der Waals surface area contributed by atoms with Crippen molar-refractivity contribution in [3.63, 3.8) is 0 Å². The van der Waals surface area contributed by atoms with E-state index in [1.807, 2.05) is 9.62 Å². The summed E-state index contributed by atoms with van der Waals surface area (Å²) >= 11 is 0. The van der Waals surface area contributed by atoms with Crippen LogP contribution in [0.4, 0.5) is 14.5 Å². The van der Waals surface area contributed by atoms with Crippen LogP contribution in [0.5, 0.6) is 5.75 Å². The van der Waals surface area contributed by atoms with Crippen LogP contribution in [0.15, 0.2) is 36.7 Å². The monoisotopic (exact) mass is 493 g/mol. The van der Waals surface area contributed by atoms with Crippen LogP contribution in [0.3, 0.4) is 0 Å². The number of nitrogens with one attached hydrogen (secondary N) is 1. The maximum absolute atomic E-state index is 14.3. The fourth-order valence-corrected chi connectivity index (χ4v) is 5.03. The molecule has 3 heterocycles. The Hall–Kier alpha value is -3.25. The summed E-state index contributed by atoms with van der Waals surface area (Å²) in [4.78, 5) is 14.7. The minimum Gasteiger partial charge on any atom is -0.493 e. The highest BCUT2D eigenvalue weighted by atomic mass is 32.2. The Morgan fingerprint density at radius 1 is 1.32 bits per heavy atom. The van der Waals surface area contributed by atoms with E-state index in [-0.39, 0.29) is 23.9 Å². The molecule has 0 unspecified atom stereocenters. The molecule has 1 N–H and O–H groups in total. The first-order chi connectivity index (χ1) is 16.2. The predicted octanol–water partition coefficient (Wildman–Crippen LogP) is 2.89. The van der Waals surface area contributed by atoms with Crippen LogP contribution >= 0.6 is 0 Å². The third kappa shape index (κ3) is 4.30. The lowest BCUT2D eigenvalue weighted by molar-refractivity contribution is 0.0981. The Morgan fingerprint density at radius 3 is 2.79 bits per heavy atom. The number of rotatable bonds is 7. The summed E-state index contributed by atoms with van der Waals surface area (Å²) in [5.41, 5.74) is 1.58. The second-order valence-corrected chi connectivity index (χ2v) is 9.76. The molecule has 12 heteroatoms. The topological polar surface area (TPSA) is 96.2 Å². The number of halogens is 2. The normalized spacial score (nSPS) is 16.4. The molecule has 0 spiro atoms. The predicted molar refractivity (Wildman–Crippen MR) is 122 cm³/mol. The number of pyridine rings is 1. The van der Waals surface area contributed by atoms with E-state index in [4.69, 9.17) is 4.74 Å². The van der Waals surface area contributed by atoms with Crippen LogP contribution in [0.2, 0.25) is 0 Å². The van der Waals surface area contributed by atoms with Crippen LogP contribution in [-0.2, 0) is 10.2 Å². The number of amides is 1. The molecule has 2 aromatic heterocycles. The lowest BCUT2D eigenvalue weighted by atomic mass is 10.0. The van der Waals surface area contributed by atoms with Gasteiger partial charge in [-0.05, 0) is 31.0 Å². The lowest BCUT2D eigenvalue weighted by Gasteiger charge is -2.28. The maximum Gasteiger partial charge on any atom is 0.303 e. The van der Waals surface area contributed by atoms with Gasteiger partial charge in [0, 0.05) is 43.7 Å². The van der Waals surface area contributed by atoms with E-state index in [1.165, 1.54) is 30.9 Å². The summed E-state index contributed by atoms with van der Waals surface area (Å²) in [7, 11) is -1.29. The summed E-state index contributed by atoms with van der Waals surface area (Å²) in [6.45, 7) is 2.46. The quantitative estimate of drug-likeness (QED) is 0.544. The van der Waals surface area contributed by atoms with Gasteiger partial charge >= 0.3 is 10.2 Å². The number of carbonyl (C=O) groups excluding carboxylic acids is 1. The summed E-state index contributed by atoms with van der Waals surface area (Å²) in [6, 6.07) is 5.20. The number of fused-ring (bicyclic) bond motifs is 1. The van der Waals surface area contributed by atoms with E-state index < -0.39 is 27.8 Å². The van der Waals surface area contributed by atoms with Crippen molar-refractivity contribution in [2.24, 2.45) is 0 Å². The van der Waals surface area contributed by atoms with Gasteiger partial charge in [0.15, 0.2) is 11.6 Å². The molecule has 1 atom stereocenters. The molecule has 9 nitrogen and oxygen atoms in total. The number of methoxy groups -OCH3 is 1. The number of anilines is 1. The van der Waals surface area contributed by atoms with Crippen molar-refractivity contribution in [3.8, 4) is 5.75 Å². The van der Waals surface area contributed by atoms with E-state index in [1.54, 1.807) is 25.3 Å². The maximum atomic E-state index is 14.3. The zero-order chi connectivity index (χ0) is 24.6. The first-order valence-corrected chi connectivity index (χ1v) is 12.2. The molecule has 1 saturated heterocycles. The molecule has 0 saturated carbocycles. The molecule has 1 amide bonds. The number of aromatic nitrogens is 2. The van der Waals surface area contributed by atoms with E-state index in [0.29, 0.717) is 29.7 Å². The average molecular weight is 494 g/mol. The molecule has 182 valence electrons. The number of hydrogen-bond donors (Lipinski definition) is 1. The van der Waals surface area contributed by atoms with Crippen LogP contribution in [0.25, 0.3) is 5.52 Å². The first-order valence-electron chi connectivity index (χ1n) is 10.7. The average Bonchev–Trinajstić information content (AvgIpc) is 3.44. The highest BCUT2D eigenvalue weighted by Gasteiger charge is 2.31. The fraction of sp³-hybridized carbons (Fsp3) is 0.364. The Kier molecular flexibility index (Phi) is 6.45. The fourth-order valence-electron chi connectivity index (χ4n) is 4.19. The Balaban J connectivity index is 1.70. The number of carbonyl (C=O) groups is 1. The summed E-state index contributed by atoms with van der Waals surface area (Å²) in [5.74, 6) is -2.27. The van der Waals surface area contributed by atoms with Crippen molar-refractivity contribution >= 4 is 27.3 Å². The van der Waals surface area contributed by atoms with Gasteiger partial charge < -0.3 is 9.64 Å². The van der Waals surface area contributed by atoms with Gasteiger partial charge in [0.1, 0.15) is 5.82 Å². The van der Waals surface area contributed by atoms with Crippen molar-refractivity contribution < 1.29 is 26.7 Å². The van der Waals surface area contributed by atoms with Crippen molar-refractivity contribution in [2.75, 3.05) is 32.1 Å². The second kappa shape index (κ2) is 9.18. The molecular formula is C22H25F2N5O4S. The molecule has 4 rings (SSSR count). The Labute approximate surface area is 196 Å².